The lowest BCUT2D eigenvalue weighted by atomic mass is 10.1. The summed E-state index contributed by atoms with van der Waals surface area (Å²) in [5, 5.41) is 4.53. The molecule has 0 amide bonds. The summed E-state index contributed by atoms with van der Waals surface area (Å²) in [6.07, 6.45) is 4.91. The van der Waals surface area contributed by atoms with E-state index in [0.717, 1.165) is 36.8 Å². The molecule has 1 aliphatic carbocycles. The third-order valence-electron chi connectivity index (χ3n) is 4.22. The first kappa shape index (κ1) is 11.8. The van der Waals surface area contributed by atoms with Crippen LogP contribution in [-0.4, -0.2) is 35.1 Å². The minimum Gasteiger partial charge on any atom is -0.394 e. The Bertz CT molecular complexity index is 442. The molecule has 0 radical (unpaired) electrons. The van der Waals surface area contributed by atoms with Crippen molar-refractivity contribution in [3.05, 3.63) is 5.69 Å². The third kappa shape index (κ3) is 1.68. The van der Waals surface area contributed by atoms with Crippen LogP contribution in [0.5, 0.6) is 0 Å². The second-order valence-electron chi connectivity index (χ2n) is 5.26. The average Bonchev–Trinajstić information content (AvgIpc) is 2.94. The molecule has 2 N–H and O–H groups in total. The molecular weight excluding hydrogens is 228 g/mol. The fraction of sp³-hybridized carbons (Fsp3) is 0.769. The largest absolute Gasteiger partial charge is 0.394 e. The zero-order valence-electron chi connectivity index (χ0n) is 11.2. The van der Waals surface area contributed by atoms with Gasteiger partial charge in [-0.1, -0.05) is 6.92 Å². The molecule has 0 bridgehead atoms. The van der Waals surface area contributed by atoms with Gasteiger partial charge in [-0.15, -0.1) is 0 Å². The SMILES string of the molecule is CCc1nn(C)c(N2CCOC3CCCC32)c1N. The van der Waals surface area contributed by atoms with E-state index in [-0.39, 0.29) is 0 Å². The number of hydrogen-bond acceptors (Lipinski definition) is 4. The number of rotatable bonds is 2. The van der Waals surface area contributed by atoms with Gasteiger partial charge < -0.3 is 15.4 Å². The van der Waals surface area contributed by atoms with Crippen LogP contribution >= 0.6 is 0 Å². The number of nitrogen functional groups attached to an aromatic ring is 1. The van der Waals surface area contributed by atoms with Gasteiger partial charge in [0.15, 0.2) is 5.82 Å². The van der Waals surface area contributed by atoms with Crippen LogP contribution in [0.3, 0.4) is 0 Å². The Labute approximate surface area is 108 Å². The second-order valence-corrected chi connectivity index (χ2v) is 5.26. The highest BCUT2D eigenvalue weighted by Gasteiger charge is 2.38. The topological polar surface area (TPSA) is 56.3 Å². The van der Waals surface area contributed by atoms with Crippen molar-refractivity contribution in [2.24, 2.45) is 7.05 Å². The molecule has 1 aliphatic heterocycles. The zero-order chi connectivity index (χ0) is 12.7. The van der Waals surface area contributed by atoms with Crippen molar-refractivity contribution in [3.63, 3.8) is 0 Å². The Morgan fingerprint density at radius 1 is 1.44 bits per heavy atom. The van der Waals surface area contributed by atoms with Crippen LogP contribution in [0, 0.1) is 0 Å². The third-order valence-corrected chi connectivity index (χ3v) is 4.22. The van der Waals surface area contributed by atoms with E-state index in [2.05, 4.69) is 16.9 Å². The first-order chi connectivity index (χ1) is 8.72. The smallest absolute Gasteiger partial charge is 0.150 e. The molecule has 1 saturated heterocycles. The number of aryl methyl sites for hydroxylation is 2. The van der Waals surface area contributed by atoms with Crippen LogP contribution in [0.25, 0.3) is 0 Å². The molecule has 1 saturated carbocycles. The molecule has 5 heteroatoms. The summed E-state index contributed by atoms with van der Waals surface area (Å²) >= 11 is 0. The van der Waals surface area contributed by atoms with Gasteiger partial charge in [-0.25, -0.2) is 0 Å². The molecule has 2 atom stereocenters. The van der Waals surface area contributed by atoms with Crippen molar-refractivity contribution in [2.75, 3.05) is 23.8 Å². The monoisotopic (exact) mass is 250 g/mol. The molecule has 2 fully saturated rings. The summed E-state index contributed by atoms with van der Waals surface area (Å²) in [4.78, 5) is 2.42. The van der Waals surface area contributed by atoms with Crippen molar-refractivity contribution in [1.29, 1.82) is 0 Å². The molecule has 0 spiro atoms. The highest BCUT2D eigenvalue weighted by molar-refractivity contribution is 5.67. The first-order valence-corrected chi connectivity index (χ1v) is 6.92. The Balaban J connectivity index is 1.96. The van der Waals surface area contributed by atoms with Crippen LogP contribution in [0.15, 0.2) is 0 Å². The Kier molecular flexibility index (Phi) is 2.93. The Morgan fingerprint density at radius 2 is 2.28 bits per heavy atom. The normalized spacial score (nSPS) is 27.6. The fourth-order valence-electron chi connectivity index (χ4n) is 3.38. The molecule has 100 valence electrons. The lowest BCUT2D eigenvalue weighted by Gasteiger charge is -2.39. The van der Waals surface area contributed by atoms with E-state index < -0.39 is 0 Å². The van der Waals surface area contributed by atoms with Crippen molar-refractivity contribution in [1.82, 2.24) is 9.78 Å². The molecular formula is C13H22N4O. The van der Waals surface area contributed by atoms with Gasteiger partial charge in [0.05, 0.1) is 30.1 Å². The zero-order valence-corrected chi connectivity index (χ0v) is 11.2. The molecule has 1 aromatic heterocycles. The molecule has 2 unspecified atom stereocenters. The lowest BCUT2D eigenvalue weighted by Crippen LogP contribution is -2.49. The molecule has 1 aromatic rings. The minimum atomic E-state index is 0.387. The van der Waals surface area contributed by atoms with Gasteiger partial charge in [0.2, 0.25) is 0 Å². The number of morpholine rings is 1. The highest BCUT2D eigenvalue weighted by atomic mass is 16.5. The maximum absolute atomic E-state index is 6.26. The fourth-order valence-corrected chi connectivity index (χ4v) is 3.38. The average molecular weight is 250 g/mol. The van der Waals surface area contributed by atoms with E-state index in [9.17, 15) is 0 Å². The van der Waals surface area contributed by atoms with E-state index in [1.807, 2.05) is 11.7 Å². The van der Waals surface area contributed by atoms with Gasteiger partial charge in [-0.3, -0.25) is 4.68 Å². The highest BCUT2D eigenvalue weighted by Crippen LogP contribution is 2.36. The maximum Gasteiger partial charge on any atom is 0.150 e. The van der Waals surface area contributed by atoms with Crippen molar-refractivity contribution >= 4 is 11.5 Å². The summed E-state index contributed by atoms with van der Waals surface area (Å²) < 4.78 is 7.79. The van der Waals surface area contributed by atoms with Gasteiger partial charge in [0.25, 0.3) is 0 Å². The summed E-state index contributed by atoms with van der Waals surface area (Å²) in [5.74, 6) is 1.09. The molecule has 2 aliphatic rings. The van der Waals surface area contributed by atoms with Crippen LogP contribution in [-0.2, 0) is 18.2 Å². The van der Waals surface area contributed by atoms with Gasteiger partial charge in [-0.05, 0) is 25.7 Å². The van der Waals surface area contributed by atoms with Crippen LogP contribution in [0.1, 0.15) is 31.9 Å². The predicted octanol–water partition coefficient (Wildman–Crippen LogP) is 1.32. The number of fused-ring (bicyclic) bond motifs is 1. The predicted molar refractivity (Wildman–Crippen MR) is 71.7 cm³/mol. The van der Waals surface area contributed by atoms with Gasteiger partial charge in [-0.2, -0.15) is 5.10 Å². The summed E-state index contributed by atoms with van der Waals surface area (Å²) in [6.45, 7) is 3.82. The van der Waals surface area contributed by atoms with Gasteiger partial charge in [0.1, 0.15) is 0 Å². The number of ether oxygens (including phenoxy) is 1. The van der Waals surface area contributed by atoms with E-state index in [4.69, 9.17) is 10.5 Å². The molecule has 2 heterocycles. The Hall–Kier alpha value is -1.23. The second kappa shape index (κ2) is 4.46. The van der Waals surface area contributed by atoms with E-state index >= 15 is 0 Å². The first-order valence-electron chi connectivity index (χ1n) is 6.92. The molecule has 18 heavy (non-hydrogen) atoms. The lowest BCUT2D eigenvalue weighted by molar-refractivity contribution is 0.0251. The van der Waals surface area contributed by atoms with E-state index in [1.54, 1.807) is 0 Å². The van der Waals surface area contributed by atoms with Crippen molar-refractivity contribution < 1.29 is 4.74 Å². The number of aromatic nitrogens is 2. The van der Waals surface area contributed by atoms with E-state index in [0.29, 0.717) is 12.1 Å². The molecule has 3 rings (SSSR count). The molecule has 5 nitrogen and oxygen atoms in total. The number of hydrogen-bond donors (Lipinski definition) is 1. The van der Waals surface area contributed by atoms with Crippen LogP contribution < -0.4 is 10.6 Å². The maximum atomic E-state index is 6.26. The molecule has 0 aromatic carbocycles. The minimum absolute atomic E-state index is 0.387. The van der Waals surface area contributed by atoms with Crippen molar-refractivity contribution in [3.8, 4) is 0 Å². The number of anilines is 2. The van der Waals surface area contributed by atoms with Gasteiger partial charge >= 0.3 is 0 Å². The Morgan fingerprint density at radius 3 is 3.00 bits per heavy atom. The van der Waals surface area contributed by atoms with Gasteiger partial charge in [0, 0.05) is 13.6 Å². The summed E-state index contributed by atoms with van der Waals surface area (Å²) in [7, 11) is 1.99. The summed E-state index contributed by atoms with van der Waals surface area (Å²) in [6, 6.07) is 0.487. The van der Waals surface area contributed by atoms with Crippen LogP contribution in [0.4, 0.5) is 11.5 Å². The van der Waals surface area contributed by atoms with Crippen molar-refractivity contribution in [2.45, 2.75) is 44.8 Å². The summed E-state index contributed by atoms with van der Waals surface area (Å²) in [5.41, 5.74) is 8.12. The standard InChI is InChI=1S/C13H22N4O/c1-3-9-12(14)13(16(2)15-9)17-7-8-18-11-6-4-5-10(11)17/h10-11H,3-8,14H2,1-2H3. The number of nitrogens with two attached hydrogens (primary N) is 1. The van der Waals surface area contributed by atoms with E-state index in [1.165, 1.54) is 19.3 Å². The van der Waals surface area contributed by atoms with Crippen LogP contribution in [0.2, 0.25) is 0 Å². The quantitative estimate of drug-likeness (QED) is 0.860. The number of nitrogens with zero attached hydrogens (tertiary/aromatic N) is 3.